The van der Waals surface area contributed by atoms with Crippen LogP contribution in [-0.2, 0) is 31.9 Å². The van der Waals surface area contributed by atoms with E-state index in [2.05, 4.69) is 100 Å². The molecule has 0 aliphatic carbocycles. The van der Waals surface area contributed by atoms with Crippen molar-refractivity contribution in [3.8, 4) is 0 Å². The van der Waals surface area contributed by atoms with Crippen LogP contribution in [0.1, 0.15) is 37.5 Å². The summed E-state index contributed by atoms with van der Waals surface area (Å²) in [6.45, 7) is 9.74. The van der Waals surface area contributed by atoms with Gasteiger partial charge in [-0.2, -0.15) is 0 Å². The number of aliphatic hydroxyl groups excluding tert-OH is 1. The van der Waals surface area contributed by atoms with E-state index in [9.17, 15) is 5.11 Å². The molecule has 1 heterocycles. The van der Waals surface area contributed by atoms with Gasteiger partial charge in [-0.05, 0) is 45.6 Å². The fraction of sp³-hybridized carbons (Fsp3) is 0.302. The largest absolute Gasteiger partial charge is 0.405 e. The van der Waals surface area contributed by atoms with Gasteiger partial charge in [0.1, 0.15) is 29.9 Å². The summed E-state index contributed by atoms with van der Waals surface area (Å²) < 4.78 is 27.5. The molecule has 5 aromatic carbocycles. The lowest BCUT2D eigenvalue weighted by Gasteiger charge is -2.47. The van der Waals surface area contributed by atoms with Crippen LogP contribution in [0.3, 0.4) is 0 Å². The molecule has 0 aromatic heterocycles. The fourth-order valence-electron chi connectivity index (χ4n) is 6.74. The molecule has 5 aromatic rings. The Morgan fingerprint density at radius 2 is 1.10 bits per heavy atom. The summed E-state index contributed by atoms with van der Waals surface area (Å²) >= 11 is 1.60. The van der Waals surface area contributed by atoms with E-state index < -0.39 is 38.2 Å². The molecule has 260 valence electrons. The molecule has 1 saturated heterocycles. The van der Waals surface area contributed by atoms with E-state index in [0.29, 0.717) is 13.2 Å². The molecule has 1 fully saturated rings. The lowest BCUT2D eigenvalue weighted by molar-refractivity contribution is -0.236. The summed E-state index contributed by atoms with van der Waals surface area (Å²) in [5, 5.41) is 14.4. The number of hydrogen-bond acceptors (Lipinski definition) is 6. The van der Waals surface area contributed by atoms with Gasteiger partial charge in [0.15, 0.2) is 0 Å². The zero-order chi connectivity index (χ0) is 35.0. The highest BCUT2D eigenvalue weighted by Crippen LogP contribution is 2.40. The average molecular weight is 705 g/mol. The predicted octanol–water partition coefficient (Wildman–Crippen LogP) is 7.92. The van der Waals surface area contributed by atoms with E-state index in [1.54, 1.807) is 11.8 Å². The van der Waals surface area contributed by atoms with E-state index in [0.717, 1.165) is 16.0 Å². The van der Waals surface area contributed by atoms with Crippen molar-refractivity contribution in [2.24, 2.45) is 0 Å². The smallest absolute Gasteiger partial charge is 0.261 e. The van der Waals surface area contributed by atoms with Gasteiger partial charge in [-0.1, -0.05) is 172 Å². The molecule has 0 radical (unpaired) electrons. The van der Waals surface area contributed by atoms with Crippen molar-refractivity contribution >= 4 is 30.5 Å². The molecule has 0 amide bonds. The van der Waals surface area contributed by atoms with E-state index in [-0.39, 0.29) is 11.6 Å². The van der Waals surface area contributed by atoms with Gasteiger partial charge in [-0.25, -0.2) is 0 Å². The van der Waals surface area contributed by atoms with E-state index in [4.69, 9.17) is 18.6 Å². The molecule has 0 bridgehead atoms. The van der Waals surface area contributed by atoms with Gasteiger partial charge in [0.05, 0.1) is 19.8 Å². The zero-order valence-electron chi connectivity index (χ0n) is 29.4. The molecule has 50 heavy (non-hydrogen) atoms. The normalized spacial score (nSPS) is 21.2. The number of aliphatic hydroxyl groups is 1. The van der Waals surface area contributed by atoms with Crippen molar-refractivity contribution in [2.45, 2.75) is 80.7 Å². The molecule has 0 unspecified atom stereocenters. The Balaban J connectivity index is 1.36. The first-order valence-corrected chi connectivity index (χ1v) is 20.2. The number of rotatable bonds is 13. The van der Waals surface area contributed by atoms with Gasteiger partial charge in [-0.3, -0.25) is 0 Å². The molecule has 1 N–H and O–H groups in total. The van der Waals surface area contributed by atoms with E-state index in [1.807, 2.05) is 72.8 Å². The van der Waals surface area contributed by atoms with E-state index in [1.165, 1.54) is 15.9 Å². The zero-order valence-corrected chi connectivity index (χ0v) is 31.2. The first kappa shape index (κ1) is 36.3. The Bertz CT molecular complexity index is 1690. The Kier molecular flexibility index (Phi) is 12.1. The fourth-order valence-corrected chi connectivity index (χ4v) is 12.4. The van der Waals surface area contributed by atoms with E-state index >= 15 is 0 Å². The van der Waals surface area contributed by atoms with Crippen LogP contribution >= 0.6 is 11.8 Å². The molecule has 0 spiro atoms. The molecule has 5 atom stereocenters. The van der Waals surface area contributed by atoms with Crippen molar-refractivity contribution in [1.82, 2.24) is 0 Å². The number of ether oxygens (including phenoxy) is 3. The maximum atomic E-state index is 12.2. The minimum Gasteiger partial charge on any atom is -0.405 e. The van der Waals surface area contributed by atoms with Crippen LogP contribution in [0, 0.1) is 6.92 Å². The minimum atomic E-state index is -2.90. The maximum Gasteiger partial charge on any atom is 0.261 e. The number of benzene rings is 5. The van der Waals surface area contributed by atoms with Gasteiger partial charge in [0, 0.05) is 4.90 Å². The topological polar surface area (TPSA) is 57.2 Å². The first-order chi connectivity index (χ1) is 24.2. The standard InChI is InChI=1S/C43H48O5SSi/c1-32-25-27-35(28-26-32)49-42-41(46-30-34-19-11-6-12-20-34)40(45-29-33-17-9-5-10-18-33)39(44)38(48-42)31-47-50(43(2,3)4,36-21-13-7-14-22-36)37-23-15-8-16-24-37/h5-28,38-42,44H,29-31H2,1-4H3/t38-,39-,40+,41-,42+/m1/s1. The number of aryl methyl sites for hydroxylation is 1. The van der Waals surface area contributed by atoms with Crippen LogP contribution in [-0.4, -0.2) is 49.9 Å². The molecule has 1 aliphatic rings. The maximum absolute atomic E-state index is 12.2. The second-order valence-electron chi connectivity index (χ2n) is 14.0. The summed E-state index contributed by atoms with van der Waals surface area (Å²) in [6, 6.07) is 49.7. The summed E-state index contributed by atoms with van der Waals surface area (Å²) in [7, 11) is -2.90. The van der Waals surface area contributed by atoms with Crippen molar-refractivity contribution < 1.29 is 23.7 Å². The van der Waals surface area contributed by atoms with Crippen molar-refractivity contribution in [3.05, 3.63) is 162 Å². The van der Waals surface area contributed by atoms with Gasteiger partial charge in [-0.15, -0.1) is 0 Å². The highest BCUT2D eigenvalue weighted by Gasteiger charge is 2.53. The number of hydrogen-bond donors (Lipinski definition) is 1. The predicted molar refractivity (Wildman–Crippen MR) is 205 cm³/mol. The highest BCUT2D eigenvalue weighted by atomic mass is 32.2. The second-order valence-corrected chi connectivity index (χ2v) is 19.4. The van der Waals surface area contributed by atoms with Gasteiger partial charge < -0.3 is 23.7 Å². The van der Waals surface area contributed by atoms with Crippen LogP contribution in [0.25, 0.3) is 0 Å². The molecule has 0 saturated carbocycles. The second kappa shape index (κ2) is 16.7. The average Bonchev–Trinajstić information content (AvgIpc) is 3.14. The summed E-state index contributed by atoms with van der Waals surface area (Å²) in [6.07, 6.45) is -2.92. The van der Waals surface area contributed by atoms with Crippen molar-refractivity contribution in [1.29, 1.82) is 0 Å². The summed E-state index contributed by atoms with van der Waals surface area (Å²) in [5.41, 5.74) is 2.78. The molecular weight excluding hydrogens is 657 g/mol. The van der Waals surface area contributed by atoms with Gasteiger partial charge in [0.25, 0.3) is 8.32 Å². The Morgan fingerprint density at radius 3 is 1.58 bits per heavy atom. The summed E-state index contributed by atoms with van der Waals surface area (Å²) in [4.78, 5) is 1.05. The molecule has 6 rings (SSSR count). The van der Waals surface area contributed by atoms with Crippen LogP contribution in [0.2, 0.25) is 5.04 Å². The third kappa shape index (κ3) is 8.49. The van der Waals surface area contributed by atoms with Crippen molar-refractivity contribution in [2.75, 3.05) is 6.61 Å². The van der Waals surface area contributed by atoms with Gasteiger partial charge >= 0.3 is 0 Å². The minimum absolute atomic E-state index is 0.190. The molecule has 7 heteroatoms. The third-order valence-corrected chi connectivity index (χ3v) is 15.5. The van der Waals surface area contributed by atoms with Crippen LogP contribution in [0.5, 0.6) is 0 Å². The monoisotopic (exact) mass is 704 g/mol. The Labute approximate surface area is 302 Å². The quantitative estimate of drug-likeness (QED) is 0.126. The van der Waals surface area contributed by atoms with Crippen LogP contribution < -0.4 is 10.4 Å². The number of thioether (sulfide) groups is 1. The molecular formula is C43H48O5SSi. The first-order valence-electron chi connectivity index (χ1n) is 17.4. The SMILES string of the molecule is Cc1ccc(S[C@@H]2O[C@H](CO[Si](c3ccccc3)(c3ccccc3)C(C)(C)C)[C@@H](O)[C@H](OCc3ccccc3)[C@H]2OCc2ccccc2)cc1. The lowest BCUT2D eigenvalue weighted by atomic mass is 9.99. The summed E-state index contributed by atoms with van der Waals surface area (Å²) in [5.74, 6) is 0. The Hall–Kier alpha value is -3.53. The molecule has 5 nitrogen and oxygen atoms in total. The van der Waals surface area contributed by atoms with Crippen LogP contribution in [0.4, 0.5) is 0 Å². The third-order valence-electron chi connectivity index (χ3n) is 9.34. The van der Waals surface area contributed by atoms with Gasteiger partial charge in [0.2, 0.25) is 0 Å². The highest BCUT2D eigenvalue weighted by molar-refractivity contribution is 7.99. The lowest BCUT2D eigenvalue weighted by Crippen LogP contribution is -2.68. The molecule has 1 aliphatic heterocycles. The van der Waals surface area contributed by atoms with Crippen molar-refractivity contribution in [3.63, 3.8) is 0 Å². The van der Waals surface area contributed by atoms with Crippen LogP contribution in [0.15, 0.2) is 150 Å². The Morgan fingerprint density at radius 1 is 0.640 bits per heavy atom.